The van der Waals surface area contributed by atoms with Gasteiger partial charge in [0.15, 0.2) is 14.9 Å². The Morgan fingerprint density at radius 3 is 2.54 bits per heavy atom. The van der Waals surface area contributed by atoms with Gasteiger partial charge in [-0.05, 0) is 49.2 Å². The fourth-order valence-corrected chi connectivity index (χ4v) is 3.19. The second kappa shape index (κ2) is 10.5. The highest BCUT2D eigenvalue weighted by Gasteiger charge is 2.14. The second-order valence-corrected chi connectivity index (χ2v) is 9.06. The first-order valence-corrected chi connectivity index (χ1v) is 11.1. The number of hydrazine groups is 1. The lowest BCUT2D eigenvalue weighted by Crippen LogP contribution is -2.47. The minimum Gasteiger partial charge on any atom is -0.361 e. The molecular formula is C18H29N3O3S2. The summed E-state index contributed by atoms with van der Waals surface area (Å²) in [4.78, 5) is 12.4. The van der Waals surface area contributed by atoms with Gasteiger partial charge < -0.3 is 5.32 Å². The van der Waals surface area contributed by atoms with Gasteiger partial charge in [0.05, 0.1) is 4.90 Å². The van der Waals surface area contributed by atoms with Gasteiger partial charge in [-0.15, -0.1) is 0 Å². The number of rotatable bonds is 8. The molecule has 0 aliphatic carbocycles. The van der Waals surface area contributed by atoms with Gasteiger partial charge in [-0.2, -0.15) is 0 Å². The van der Waals surface area contributed by atoms with Crippen molar-refractivity contribution in [3.63, 3.8) is 0 Å². The zero-order chi connectivity index (χ0) is 19.7. The summed E-state index contributed by atoms with van der Waals surface area (Å²) >= 11 is 5.16. The normalized spacial score (nSPS) is 12.3. The number of hydrogen-bond donors (Lipinski definition) is 3. The Balaban J connectivity index is 2.52. The van der Waals surface area contributed by atoms with Gasteiger partial charge in [-0.3, -0.25) is 15.6 Å². The minimum atomic E-state index is -3.37. The van der Waals surface area contributed by atoms with Crippen LogP contribution in [0.3, 0.4) is 0 Å². The quantitative estimate of drug-likeness (QED) is 0.354. The molecule has 26 heavy (non-hydrogen) atoms. The molecule has 1 aromatic rings. The van der Waals surface area contributed by atoms with Gasteiger partial charge in [0.25, 0.3) is 5.91 Å². The van der Waals surface area contributed by atoms with Gasteiger partial charge in [0.1, 0.15) is 0 Å². The maximum absolute atomic E-state index is 12.3. The van der Waals surface area contributed by atoms with Crippen LogP contribution in [-0.4, -0.2) is 32.2 Å². The lowest BCUT2D eigenvalue weighted by molar-refractivity contribution is 0.0943. The molecule has 1 amide bonds. The van der Waals surface area contributed by atoms with Gasteiger partial charge in [0.2, 0.25) is 0 Å². The average molecular weight is 400 g/mol. The minimum absolute atomic E-state index is 0.106. The Hall–Kier alpha value is -1.67. The number of sulfone groups is 1. The van der Waals surface area contributed by atoms with Crippen LogP contribution < -0.4 is 16.2 Å². The molecule has 0 aliphatic rings. The Labute approximate surface area is 162 Å². The molecule has 8 heteroatoms. The van der Waals surface area contributed by atoms with E-state index in [1.54, 1.807) is 13.0 Å². The number of unbranched alkanes of at least 4 members (excludes halogenated alkanes) is 2. The molecule has 0 saturated heterocycles. The molecule has 0 heterocycles. The second-order valence-electron chi connectivity index (χ2n) is 6.64. The fourth-order valence-electron chi connectivity index (χ4n) is 2.41. The van der Waals surface area contributed by atoms with Crippen molar-refractivity contribution in [1.29, 1.82) is 0 Å². The molecule has 1 aromatic carbocycles. The molecule has 0 radical (unpaired) electrons. The summed E-state index contributed by atoms with van der Waals surface area (Å²) in [6.07, 6.45) is 5.87. The van der Waals surface area contributed by atoms with Crippen LogP contribution >= 0.6 is 12.2 Å². The molecule has 146 valence electrons. The Morgan fingerprint density at radius 1 is 1.23 bits per heavy atom. The third-order valence-corrected chi connectivity index (χ3v) is 5.44. The number of carbonyl (C=O) groups excluding carboxylic acids is 1. The van der Waals surface area contributed by atoms with Crippen molar-refractivity contribution in [3.05, 3.63) is 29.3 Å². The average Bonchev–Trinajstić information content (AvgIpc) is 2.57. The van der Waals surface area contributed by atoms with Crippen molar-refractivity contribution in [2.45, 2.75) is 51.3 Å². The van der Waals surface area contributed by atoms with Gasteiger partial charge >= 0.3 is 0 Å². The molecular weight excluding hydrogens is 370 g/mol. The predicted molar refractivity (Wildman–Crippen MR) is 109 cm³/mol. The maximum Gasteiger partial charge on any atom is 0.269 e. The van der Waals surface area contributed by atoms with Gasteiger partial charge in [-0.25, -0.2) is 8.42 Å². The van der Waals surface area contributed by atoms with E-state index in [9.17, 15) is 13.2 Å². The highest BCUT2D eigenvalue weighted by molar-refractivity contribution is 7.90. The summed E-state index contributed by atoms with van der Waals surface area (Å²) in [7, 11) is -3.37. The SMILES string of the molecule is CCCCC[C@@H](C)CNC(=S)NNC(=O)c1cc(S(C)(=O)=O)ccc1C. The first kappa shape index (κ1) is 22.4. The van der Waals surface area contributed by atoms with Crippen molar-refractivity contribution in [3.8, 4) is 0 Å². The van der Waals surface area contributed by atoms with Crippen molar-refractivity contribution in [2.75, 3.05) is 12.8 Å². The number of thiocarbonyl (C=S) groups is 1. The highest BCUT2D eigenvalue weighted by atomic mass is 32.2. The molecule has 1 atom stereocenters. The van der Waals surface area contributed by atoms with E-state index in [4.69, 9.17) is 12.2 Å². The van der Waals surface area contributed by atoms with Crippen LogP contribution in [0.5, 0.6) is 0 Å². The number of aryl methyl sites for hydroxylation is 1. The third-order valence-electron chi connectivity index (χ3n) is 4.08. The number of carbonyl (C=O) groups is 1. The zero-order valence-corrected chi connectivity index (χ0v) is 17.5. The molecule has 0 saturated carbocycles. The van der Waals surface area contributed by atoms with Crippen LogP contribution in [0.1, 0.15) is 55.5 Å². The molecule has 0 spiro atoms. The van der Waals surface area contributed by atoms with E-state index in [1.165, 1.54) is 31.4 Å². The van der Waals surface area contributed by atoms with Gasteiger partial charge in [-0.1, -0.05) is 39.2 Å². The lowest BCUT2D eigenvalue weighted by atomic mass is 10.0. The molecule has 0 aliphatic heterocycles. The van der Waals surface area contributed by atoms with Crippen LogP contribution in [0, 0.1) is 12.8 Å². The molecule has 1 rings (SSSR count). The molecule has 0 bridgehead atoms. The number of hydrogen-bond acceptors (Lipinski definition) is 4. The molecule has 0 aromatic heterocycles. The summed E-state index contributed by atoms with van der Waals surface area (Å²) in [6.45, 7) is 6.81. The van der Waals surface area contributed by atoms with Crippen LogP contribution in [0.4, 0.5) is 0 Å². The van der Waals surface area contributed by atoms with Crippen LogP contribution in [0.25, 0.3) is 0 Å². The van der Waals surface area contributed by atoms with E-state index in [-0.39, 0.29) is 10.5 Å². The van der Waals surface area contributed by atoms with E-state index in [2.05, 4.69) is 30.0 Å². The summed E-state index contributed by atoms with van der Waals surface area (Å²) in [6, 6.07) is 4.47. The number of benzene rings is 1. The van der Waals surface area contributed by atoms with Crippen LogP contribution in [-0.2, 0) is 9.84 Å². The summed E-state index contributed by atoms with van der Waals surface area (Å²) in [5.41, 5.74) is 6.14. The largest absolute Gasteiger partial charge is 0.361 e. The third kappa shape index (κ3) is 7.70. The van der Waals surface area contributed by atoms with E-state index in [1.807, 2.05) is 0 Å². The van der Waals surface area contributed by atoms with Crippen molar-refractivity contribution in [1.82, 2.24) is 16.2 Å². The van der Waals surface area contributed by atoms with Crippen LogP contribution in [0.2, 0.25) is 0 Å². The predicted octanol–water partition coefficient (Wildman–Crippen LogP) is 2.72. The van der Waals surface area contributed by atoms with Crippen LogP contribution in [0.15, 0.2) is 23.1 Å². The Bertz CT molecular complexity index is 733. The summed E-state index contributed by atoms with van der Waals surface area (Å²) in [5.74, 6) is 0.0545. The Kier molecular flexibility index (Phi) is 9.01. The van der Waals surface area contributed by atoms with E-state index in [0.717, 1.165) is 19.2 Å². The molecule has 0 fully saturated rings. The van der Waals surface area contributed by atoms with Gasteiger partial charge in [0, 0.05) is 18.4 Å². The topological polar surface area (TPSA) is 87.3 Å². The fraction of sp³-hybridized carbons (Fsp3) is 0.556. The van der Waals surface area contributed by atoms with E-state index >= 15 is 0 Å². The maximum atomic E-state index is 12.3. The highest BCUT2D eigenvalue weighted by Crippen LogP contribution is 2.15. The standard InChI is InChI=1S/C18H29N3O3S2/c1-5-6-7-8-13(2)12-19-18(25)21-20-17(22)16-11-15(26(4,23)24)10-9-14(16)3/h9-11,13H,5-8,12H2,1-4H3,(H,20,22)(H2,19,21,25)/t13-/m1/s1. The summed E-state index contributed by atoms with van der Waals surface area (Å²) < 4.78 is 23.3. The van der Waals surface area contributed by atoms with Crippen molar-refractivity contribution < 1.29 is 13.2 Å². The molecule has 3 N–H and O–H groups in total. The lowest BCUT2D eigenvalue weighted by Gasteiger charge is -2.16. The number of amides is 1. The molecule has 0 unspecified atom stereocenters. The smallest absolute Gasteiger partial charge is 0.269 e. The Morgan fingerprint density at radius 2 is 1.92 bits per heavy atom. The van der Waals surface area contributed by atoms with Crippen molar-refractivity contribution in [2.24, 2.45) is 5.92 Å². The van der Waals surface area contributed by atoms with E-state index in [0.29, 0.717) is 16.6 Å². The summed E-state index contributed by atoms with van der Waals surface area (Å²) in [5, 5.41) is 3.41. The number of nitrogens with one attached hydrogen (secondary N) is 3. The zero-order valence-electron chi connectivity index (χ0n) is 15.9. The monoisotopic (exact) mass is 399 g/mol. The first-order chi connectivity index (χ1) is 12.1. The van der Waals surface area contributed by atoms with E-state index < -0.39 is 15.7 Å². The first-order valence-electron chi connectivity index (χ1n) is 8.80. The van der Waals surface area contributed by atoms with Crippen molar-refractivity contribution >= 4 is 33.1 Å². The molecule has 6 nitrogen and oxygen atoms in total.